The first kappa shape index (κ1) is 21.2. The molecule has 164 valence electrons. The molecule has 2 amide bonds. The molecule has 2 aromatic carbocycles. The number of halogens is 1. The first-order chi connectivity index (χ1) is 15.0. The number of benzene rings is 2. The fraction of sp³-hybridized carbons (Fsp3) is 0.417. The summed E-state index contributed by atoms with van der Waals surface area (Å²) in [4.78, 5) is 30.1. The highest BCUT2D eigenvalue weighted by Gasteiger charge is 2.43. The number of hydrogen-bond donors (Lipinski definition) is 0. The summed E-state index contributed by atoms with van der Waals surface area (Å²) in [5.41, 5.74) is 1.26. The maximum Gasteiger partial charge on any atom is 0.253 e. The van der Waals surface area contributed by atoms with Crippen LogP contribution in [0.25, 0.3) is 0 Å². The van der Waals surface area contributed by atoms with Crippen molar-refractivity contribution in [3.8, 4) is 11.5 Å². The van der Waals surface area contributed by atoms with E-state index in [1.807, 2.05) is 23.1 Å². The lowest BCUT2D eigenvalue weighted by Gasteiger charge is -2.25. The number of carbonyl (C=O) groups is 2. The fourth-order valence-electron chi connectivity index (χ4n) is 4.61. The zero-order valence-electron chi connectivity index (χ0n) is 17.8. The highest BCUT2D eigenvalue weighted by atomic mass is 19.1. The summed E-state index contributed by atoms with van der Waals surface area (Å²) in [6.07, 6.45) is 2.01. The number of methoxy groups -OCH3 is 2. The SMILES string of the molecule is COc1ccc(OC)c(C2CN(C(=O)c3ccc(F)cc3)CC2C(=O)N2CCCC2)c1. The van der Waals surface area contributed by atoms with Crippen LogP contribution in [0.1, 0.15) is 34.7 Å². The van der Waals surface area contributed by atoms with E-state index in [4.69, 9.17) is 9.47 Å². The smallest absolute Gasteiger partial charge is 0.253 e. The Morgan fingerprint density at radius 2 is 1.65 bits per heavy atom. The lowest BCUT2D eigenvalue weighted by atomic mass is 9.87. The zero-order valence-corrected chi connectivity index (χ0v) is 17.8. The van der Waals surface area contributed by atoms with Gasteiger partial charge in [-0.3, -0.25) is 9.59 Å². The van der Waals surface area contributed by atoms with Crippen LogP contribution in [0.4, 0.5) is 4.39 Å². The molecule has 2 atom stereocenters. The number of hydrogen-bond acceptors (Lipinski definition) is 4. The van der Waals surface area contributed by atoms with Gasteiger partial charge in [-0.15, -0.1) is 0 Å². The molecule has 0 aromatic heterocycles. The van der Waals surface area contributed by atoms with Gasteiger partial charge in [-0.05, 0) is 55.3 Å². The average Bonchev–Trinajstić information content (AvgIpc) is 3.49. The van der Waals surface area contributed by atoms with Crippen molar-refractivity contribution in [2.75, 3.05) is 40.4 Å². The molecule has 2 heterocycles. The van der Waals surface area contributed by atoms with Crippen LogP contribution in [0, 0.1) is 11.7 Å². The minimum Gasteiger partial charge on any atom is -0.497 e. The predicted octanol–water partition coefficient (Wildman–Crippen LogP) is 3.32. The van der Waals surface area contributed by atoms with Gasteiger partial charge in [0.15, 0.2) is 0 Å². The van der Waals surface area contributed by atoms with Gasteiger partial charge in [-0.1, -0.05) is 0 Å². The second kappa shape index (κ2) is 8.96. The Morgan fingerprint density at radius 1 is 0.935 bits per heavy atom. The summed E-state index contributed by atoms with van der Waals surface area (Å²) in [5, 5.41) is 0. The number of ether oxygens (including phenoxy) is 2. The Kier molecular flexibility index (Phi) is 6.11. The molecule has 2 fully saturated rings. The van der Waals surface area contributed by atoms with Gasteiger partial charge in [0.25, 0.3) is 5.91 Å². The Morgan fingerprint density at radius 3 is 2.29 bits per heavy atom. The summed E-state index contributed by atoms with van der Waals surface area (Å²) < 4.78 is 24.3. The van der Waals surface area contributed by atoms with Crippen molar-refractivity contribution >= 4 is 11.8 Å². The van der Waals surface area contributed by atoms with E-state index >= 15 is 0 Å². The Balaban J connectivity index is 1.68. The molecular formula is C24H27FN2O4. The maximum absolute atomic E-state index is 13.4. The third-order valence-electron chi connectivity index (χ3n) is 6.27. The van der Waals surface area contributed by atoms with Gasteiger partial charge in [-0.25, -0.2) is 4.39 Å². The molecule has 0 saturated carbocycles. The molecule has 0 radical (unpaired) electrons. The summed E-state index contributed by atoms with van der Waals surface area (Å²) in [6, 6.07) is 11.0. The van der Waals surface area contributed by atoms with Crippen molar-refractivity contribution in [2.45, 2.75) is 18.8 Å². The molecule has 0 bridgehead atoms. The van der Waals surface area contributed by atoms with Crippen molar-refractivity contribution in [2.24, 2.45) is 5.92 Å². The van der Waals surface area contributed by atoms with Crippen LogP contribution in [0.3, 0.4) is 0 Å². The van der Waals surface area contributed by atoms with E-state index in [9.17, 15) is 14.0 Å². The third kappa shape index (κ3) is 4.22. The molecule has 0 N–H and O–H groups in total. The zero-order chi connectivity index (χ0) is 22.0. The van der Waals surface area contributed by atoms with Crippen LogP contribution in [-0.2, 0) is 4.79 Å². The van der Waals surface area contributed by atoms with E-state index in [2.05, 4.69) is 0 Å². The molecule has 0 spiro atoms. The Hall–Kier alpha value is -3.09. The number of carbonyl (C=O) groups excluding carboxylic acids is 2. The largest absolute Gasteiger partial charge is 0.497 e. The van der Waals surface area contributed by atoms with Crippen LogP contribution in [0.5, 0.6) is 11.5 Å². The average molecular weight is 426 g/mol. The van der Waals surface area contributed by atoms with Gasteiger partial charge in [0.1, 0.15) is 17.3 Å². The lowest BCUT2D eigenvalue weighted by Crippen LogP contribution is -2.37. The number of rotatable bonds is 5. The van der Waals surface area contributed by atoms with Crippen molar-refractivity contribution in [3.05, 3.63) is 59.4 Å². The lowest BCUT2D eigenvalue weighted by molar-refractivity contribution is -0.134. The molecule has 2 unspecified atom stereocenters. The van der Waals surface area contributed by atoms with Gasteiger partial charge in [0.2, 0.25) is 5.91 Å². The van der Waals surface area contributed by atoms with Crippen molar-refractivity contribution < 1.29 is 23.5 Å². The van der Waals surface area contributed by atoms with Crippen molar-refractivity contribution in [1.29, 1.82) is 0 Å². The fourth-order valence-corrected chi connectivity index (χ4v) is 4.61. The van der Waals surface area contributed by atoms with Gasteiger partial charge in [-0.2, -0.15) is 0 Å². The van der Waals surface area contributed by atoms with E-state index < -0.39 is 0 Å². The van der Waals surface area contributed by atoms with Gasteiger partial charge in [0.05, 0.1) is 20.1 Å². The topological polar surface area (TPSA) is 59.1 Å². The minimum atomic E-state index is -0.390. The van der Waals surface area contributed by atoms with E-state index in [0.717, 1.165) is 31.5 Å². The molecule has 31 heavy (non-hydrogen) atoms. The number of likely N-dealkylation sites (tertiary alicyclic amines) is 2. The van der Waals surface area contributed by atoms with Crippen molar-refractivity contribution in [3.63, 3.8) is 0 Å². The van der Waals surface area contributed by atoms with Crippen LogP contribution in [0.2, 0.25) is 0 Å². The quantitative estimate of drug-likeness (QED) is 0.736. The molecule has 4 rings (SSSR count). The highest BCUT2D eigenvalue weighted by Crippen LogP contribution is 2.41. The summed E-state index contributed by atoms with van der Waals surface area (Å²) in [6.45, 7) is 2.20. The normalized spacial score (nSPS) is 20.7. The van der Waals surface area contributed by atoms with Crippen LogP contribution in [0.15, 0.2) is 42.5 Å². The van der Waals surface area contributed by atoms with Gasteiger partial charge >= 0.3 is 0 Å². The maximum atomic E-state index is 13.4. The van der Waals surface area contributed by atoms with Crippen LogP contribution in [-0.4, -0.2) is 62.0 Å². The monoisotopic (exact) mass is 426 g/mol. The van der Waals surface area contributed by atoms with Crippen molar-refractivity contribution in [1.82, 2.24) is 9.80 Å². The molecule has 2 saturated heterocycles. The molecular weight excluding hydrogens is 399 g/mol. The van der Waals surface area contributed by atoms with E-state index in [1.165, 1.54) is 24.3 Å². The minimum absolute atomic E-state index is 0.0711. The standard InChI is InChI=1S/C24H27FN2O4/c1-30-18-9-10-22(31-2)19(13-18)20-14-27(23(28)16-5-7-17(25)8-6-16)15-21(20)24(29)26-11-3-4-12-26/h5-10,13,20-21H,3-4,11-12,14-15H2,1-2H3. The second-order valence-corrected chi connectivity index (χ2v) is 8.07. The van der Waals surface area contributed by atoms with E-state index in [0.29, 0.717) is 30.2 Å². The summed E-state index contributed by atoms with van der Waals surface area (Å²) in [5.74, 6) is 0.225. The van der Waals surface area contributed by atoms with Crippen LogP contribution < -0.4 is 9.47 Å². The summed E-state index contributed by atoms with van der Waals surface area (Å²) in [7, 11) is 3.19. The van der Waals surface area contributed by atoms with Crippen LogP contribution >= 0.6 is 0 Å². The number of amides is 2. The third-order valence-corrected chi connectivity index (χ3v) is 6.27. The number of nitrogens with zero attached hydrogens (tertiary/aromatic N) is 2. The predicted molar refractivity (Wildman–Crippen MR) is 114 cm³/mol. The molecule has 6 nitrogen and oxygen atoms in total. The first-order valence-corrected chi connectivity index (χ1v) is 10.6. The first-order valence-electron chi connectivity index (χ1n) is 10.6. The molecule has 0 aliphatic carbocycles. The Bertz CT molecular complexity index is 957. The second-order valence-electron chi connectivity index (χ2n) is 8.07. The molecule has 2 aliphatic rings. The Labute approximate surface area is 181 Å². The van der Waals surface area contributed by atoms with Gasteiger partial charge < -0.3 is 19.3 Å². The molecule has 2 aliphatic heterocycles. The van der Waals surface area contributed by atoms with Gasteiger partial charge in [0, 0.05) is 43.2 Å². The van der Waals surface area contributed by atoms with E-state index in [1.54, 1.807) is 19.1 Å². The summed E-state index contributed by atoms with van der Waals surface area (Å²) >= 11 is 0. The van der Waals surface area contributed by atoms with E-state index in [-0.39, 0.29) is 29.5 Å². The molecule has 7 heteroatoms. The molecule has 2 aromatic rings. The highest BCUT2D eigenvalue weighted by molar-refractivity contribution is 5.95.